The fourth-order valence-corrected chi connectivity index (χ4v) is 4.78. The van der Waals surface area contributed by atoms with Gasteiger partial charge in [-0.15, -0.1) is 0 Å². The predicted octanol–water partition coefficient (Wildman–Crippen LogP) is 3.96. The maximum Gasteiger partial charge on any atom is 0.300 e. The SMILES string of the molecule is C[C@@H]1CC2(CCCCCC2)N2C(=O)C(=O)c3cc(F)cc1c32. The minimum atomic E-state index is -0.534. The molecule has 1 amide bonds. The van der Waals surface area contributed by atoms with Gasteiger partial charge in [0.05, 0.1) is 11.3 Å². The molecule has 3 nitrogen and oxygen atoms in total. The van der Waals surface area contributed by atoms with Gasteiger partial charge in [0.1, 0.15) is 5.82 Å². The van der Waals surface area contributed by atoms with Gasteiger partial charge in [0.25, 0.3) is 11.7 Å². The third-order valence-electron chi connectivity index (χ3n) is 5.70. The molecule has 0 N–H and O–H groups in total. The van der Waals surface area contributed by atoms with E-state index in [2.05, 4.69) is 6.92 Å². The van der Waals surface area contributed by atoms with Gasteiger partial charge in [0.2, 0.25) is 0 Å². The second-order valence-corrected chi connectivity index (χ2v) is 7.10. The van der Waals surface area contributed by atoms with Crippen LogP contribution in [0.4, 0.5) is 10.1 Å². The van der Waals surface area contributed by atoms with Gasteiger partial charge >= 0.3 is 0 Å². The zero-order valence-corrected chi connectivity index (χ0v) is 12.8. The summed E-state index contributed by atoms with van der Waals surface area (Å²) in [6.45, 7) is 2.09. The molecular weight excluding hydrogens is 281 g/mol. The van der Waals surface area contributed by atoms with E-state index in [9.17, 15) is 14.0 Å². The van der Waals surface area contributed by atoms with Crippen molar-refractivity contribution in [3.05, 3.63) is 29.1 Å². The molecule has 2 heterocycles. The average Bonchev–Trinajstić information content (AvgIpc) is 2.67. The van der Waals surface area contributed by atoms with Crippen LogP contribution in [0.3, 0.4) is 0 Å². The van der Waals surface area contributed by atoms with Gasteiger partial charge in [-0.05, 0) is 42.9 Å². The summed E-state index contributed by atoms with van der Waals surface area (Å²) in [6.07, 6.45) is 7.30. The van der Waals surface area contributed by atoms with Crippen LogP contribution >= 0.6 is 0 Å². The van der Waals surface area contributed by atoms with E-state index in [1.54, 1.807) is 4.90 Å². The summed E-state index contributed by atoms with van der Waals surface area (Å²) in [4.78, 5) is 26.8. The summed E-state index contributed by atoms with van der Waals surface area (Å²) in [6, 6.07) is 2.74. The van der Waals surface area contributed by atoms with Crippen molar-refractivity contribution < 1.29 is 14.0 Å². The van der Waals surface area contributed by atoms with Crippen molar-refractivity contribution in [2.75, 3.05) is 4.90 Å². The van der Waals surface area contributed by atoms with E-state index in [1.807, 2.05) is 0 Å². The van der Waals surface area contributed by atoms with E-state index in [1.165, 1.54) is 25.0 Å². The smallest absolute Gasteiger partial charge is 0.298 e. The number of amides is 1. The lowest BCUT2D eigenvalue weighted by molar-refractivity contribution is -0.115. The number of rotatable bonds is 0. The number of hydrogen-bond acceptors (Lipinski definition) is 2. The largest absolute Gasteiger partial charge is 0.300 e. The molecule has 22 heavy (non-hydrogen) atoms. The summed E-state index contributed by atoms with van der Waals surface area (Å²) in [7, 11) is 0. The topological polar surface area (TPSA) is 37.4 Å². The molecular formula is C18H20FNO2. The molecule has 0 saturated heterocycles. The van der Waals surface area contributed by atoms with Crippen molar-refractivity contribution in [1.29, 1.82) is 0 Å². The standard InChI is InChI=1S/C18H20FNO2/c1-11-10-18(6-4-2-3-5-7-18)20-15-13(11)8-12(19)9-14(15)16(21)17(20)22/h8-9,11H,2-7,10H2,1H3/t11-/m1/s1. The van der Waals surface area contributed by atoms with Crippen LogP contribution in [0.5, 0.6) is 0 Å². The molecule has 3 aliphatic rings. The first-order valence-corrected chi connectivity index (χ1v) is 8.26. The maximum atomic E-state index is 13.9. The Bertz CT molecular complexity index is 674. The highest BCUT2D eigenvalue weighted by molar-refractivity contribution is 6.52. The van der Waals surface area contributed by atoms with Gasteiger partial charge < -0.3 is 0 Å². The van der Waals surface area contributed by atoms with E-state index < -0.39 is 17.5 Å². The molecule has 0 aromatic heterocycles. The minimum absolute atomic E-state index is 0.178. The van der Waals surface area contributed by atoms with Crippen molar-refractivity contribution in [3.63, 3.8) is 0 Å². The average molecular weight is 301 g/mol. The van der Waals surface area contributed by atoms with Gasteiger partial charge in [0, 0.05) is 5.54 Å². The molecule has 1 spiro atoms. The Morgan fingerprint density at radius 3 is 2.50 bits per heavy atom. The molecule has 2 aliphatic heterocycles. The molecule has 4 heteroatoms. The number of halogens is 1. The number of anilines is 1. The molecule has 1 aliphatic carbocycles. The zero-order chi connectivity index (χ0) is 15.5. The lowest BCUT2D eigenvalue weighted by Crippen LogP contribution is -2.54. The second-order valence-electron chi connectivity index (χ2n) is 7.10. The molecule has 0 bridgehead atoms. The van der Waals surface area contributed by atoms with Gasteiger partial charge in [-0.25, -0.2) is 4.39 Å². The third kappa shape index (κ3) is 1.73. The van der Waals surface area contributed by atoms with E-state index >= 15 is 0 Å². The minimum Gasteiger partial charge on any atom is -0.298 e. The summed E-state index contributed by atoms with van der Waals surface area (Å²) in [5.41, 5.74) is 1.56. The highest BCUT2D eigenvalue weighted by Gasteiger charge is 2.53. The molecule has 1 aromatic carbocycles. The van der Waals surface area contributed by atoms with Crippen LogP contribution in [0.2, 0.25) is 0 Å². The van der Waals surface area contributed by atoms with Gasteiger partial charge in [-0.1, -0.05) is 32.6 Å². The number of carbonyl (C=O) groups is 2. The maximum absolute atomic E-state index is 13.9. The summed E-state index contributed by atoms with van der Waals surface area (Å²) in [5.74, 6) is -1.22. The lowest BCUT2D eigenvalue weighted by atomic mass is 9.74. The number of ketones is 1. The van der Waals surface area contributed by atoms with E-state index in [-0.39, 0.29) is 17.0 Å². The van der Waals surface area contributed by atoms with Gasteiger partial charge in [-0.2, -0.15) is 0 Å². The fraction of sp³-hybridized carbons (Fsp3) is 0.556. The predicted molar refractivity (Wildman–Crippen MR) is 81.7 cm³/mol. The molecule has 0 radical (unpaired) electrons. The Morgan fingerprint density at radius 1 is 1.14 bits per heavy atom. The highest BCUT2D eigenvalue weighted by atomic mass is 19.1. The van der Waals surface area contributed by atoms with E-state index in [0.29, 0.717) is 5.69 Å². The Hall–Kier alpha value is -1.71. The molecule has 4 rings (SSSR count). The molecule has 1 saturated carbocycles. The normalized spacial score (nSPS) is 26.3. The van der Waals surface area contributed by atoms with Gasteiger partial charge in [0.15, 0.2) is 0 Å². The van der Waals surface area contributed by atoms with Crippen molar-refractivity contribution in [2.24, 2.45) is 0 Å². The first kappa shape index (κ1) is 13.9. The Balaban J connectivity index is 1.94. The molecule has 0 unspecified atom stereocenters. The highest BCUT2D eigenvalue weighted by Crippen LogP contribution is 2.52. The van der Waals surface area contributed by atoms with Crippen LogP contribution in [0.1, 0.15) is 73.7 Å². The molecule has 116 valence electrons. The molecule has 1 fully saturated rings. The monoisotopic (exact) mass is 301 g/mol. The van der Waals surface area contributed by atoms with Crippen LogP contribution in [-0.2, 0) is 4.79 Å². The van der Waals surface area contributed by atoms with Gasteiger partial charge in [-0.3, -0.25) is 14.5 Å². The van der Waals surface area contributed by atoms with Crippen molar-refractivity contribution >= 4 is 17.4 Å². The van der Waals surface area contributed by atoms with E-state index in [4.69, 9.17) is 0 Å². The number of carbonyl (C=O) groups excluding carboxylic acids is 2. The number of hydrogen-bond donors (Lipinski definition) is 0. The number of Topliss-reactive ketones (excluding diaryl/α,β-unsaturated/α-hetero) is 1. The van der Waals surface area contributed by atoms with Crippen LogP contribution in [0.25, 0.3) is 0 Å². The fourth-order valence-electron chi connectivity index (χ4n) is 4.78. The number of benzene rings is 1. The summed E-state index contributed by atoms with van der Waals surface area (Å²) >= 11 is 0. The van der Waals surface area contributed by atoms with Crippen molar-refractivity contribution in [3.8, 4) is 0 Å². The van der Waals surface area contributed by atoms with Crippen LogP contribution in [-0.4, -0.2) is 17.2 Å². The third-order valence-corrected chi connectivity index (χ3v) is 5.70. The number of fused-ring (bicyclic) bond motifs is 1. The first-order chi connectivity index (χ1) is 10.5. The van der Waals surface area contributed by atoms with Crippen molar-refractivity contribution in [2.45, 2.75) is 63.3 Å². The summed E-state index contributed by atoms with van der Waals surface area (Å²) < 4.78 is 13.9. The first-order valence-electron chi connectivity index (χ1n) is 8.26. The van der Waals surface area contributed by atoms with Crippen LogP contribution < -0.4 is 4.90 Å². The summed E-state index contributed by atoms with van der Waals surface area (Å²) in [5, 5.41) is 0. The number of nitrogens with zero attached hydrogens (tertiary/aromatic N) is 1. The Morgan fingerprint density at radius 2 is 1.82 bits per heavy atom. The van der Waals surface area contributed by atoms with Crippen LogP contribution in [0, 0.1) is 5.82 Å². The Kier molecular flexibility index (Phi) is 2.94. The molecule has 1 atom stereocenters. The van der Waals surface area contributed by atoms with E-state index in [0.717, 1.165) is 37.7 Å². The lowest BCUT2D eigenvalue weighted by Gasteiger charge is -2.47. The Labute approximate surface area is 129 Å². The van der Waals surface area contributed by atoms with Crippen molar-refractivity contribution in [1.82, 2.24) is 0 Å². The quantitative estimate of drug-likeness (QED) is 0.680. The zero-order valence-electron chi connectivity index (χ0n) is 12.8. The van der Waals surface area contributed by atoms with Crippen LogP contribution in [0.15, 0.2) is 12.1 Å². The molecule has 1 aromatic rings. The second kappa shape index (κ2) is 4.64.